The maximum atomic E-state index is 5.05. The van der Waals surface area contributed by atoms with Crippen LogP contribution in [0.2, 0.25) is 0 Å². The van der Waals surface area contributed by atoms with Crippen LogP contribution in [0.3, 0.4) is 0 Å². The summed E-state index contributed by atoms with van der Waals surface area (Å²) in [7, 11) is 0. The Balaban J connectivity index is 0.000000140. The number of terminal acetylenes is 2. The summed E-state index contributed by atoms with van der Waals surface area (Å²) in [4.78, 5) is 2.00. The van der Waals surface area contributed by atoms with E-state index in [4.69, 9.17) is 12.8 Å². The Bertz CT molecular complexity index is 377. The molecular weight excluding hydrogens is 208 g/mol. The van der Waals surface area contributed by atoms with Gasteiger partial charge in [-0.15, -0.1) is 35.5 Å². The standard InChI is InChI=1S/2C6H4S/c2*1-2-6-4-3-5-7-6/h2*1,3-5H. The highest BCUT2D eigenvalue weighted by atomic mass is 32.1. The Morgan fingerprint density at radius 1 is 0.857 bits per heavy atom. The van der Waals surface area contributed by atoms with Gasteiger partial charge in [0.15, 0.2) is 0 Å². The van der Waals surface area contributed by atoms with Crippen LogP contribution < -0.4 is 0 Å². The van der Waals surface area contributed by atoms with Crippen LogP contribution in [0, 0.1) is 24.7 Å². The molecule has 0 bridgehead atoms. The fourth-order valence-corrected chi connectivity index (χ4v) is 1.78. The van der Waals surface area contributed by atoms with E-state index in [0.29, 0.717) is 0 Å². The van der Waals surface area contributed by atoms with Gasteiger partial charge in [0.25, 0.3) is 0 Å². The number of hydrogen-bond donors (Lipinski definition) is 0. The predicted molar refractivity (Wildman–Crippen MR) is 64.5 cm³/mol. The minimum Gasteiger partial charge on any atom is -0.135 e. The lowest BCUT2D eigenvalue weighted by atomic mass is 10.5. The predicted octanol–water partition coefficient (Wildman–Crippen LogP) is 3.46. The zero-order valence-corrected chi connectivity index (χ0v) is 9.07. The molecule has 0 atom stereocenters. The molecule has 0 saturated carbocycles. The van der Waals surface area contributed by atoms with Gasteiger partial charge in [-0.25, -0.2) is 0 Å². The molecule has 68 valence electrons. The maximum absolute atomic E-state index is 5.05. The van der Waals surface area contributed by atoms with Crippen LogP contribution in [0.5, 0.6) is 0 Å². The van der Waals surface area contributed by atoms with Crippen LogP contribution in [0.25, 0.3) is 0 Å². The quantitative estimate of drug-likeness (QED) is 0.592. The molecular formula is C12H8S2. The Morgan fingerprint density at radius 3 is 1.43 bits per heavy atom. The Kier molecular flexibility index (Phi) is 4.58. The van der Waals surface area contributed by atoms with Gasteiger partial charge < -0.3 is 0 Å². The van der Waals surface area contributed by atoms with Crippen molar-refractivity contribution in [1.82, 2.24) is 0 Å². The van der Waals surface area contributed by atoms with E-state index in [1.54, 1.807) is 22.7 Å². The molecule has 2 heterocycles. The fraction of sp³-hybridized carbons (Fsp3) is 0. The van der Waals surface area contributed by atoms with Crippen molar-refractivity contribution in [2.24, 2.45) is 0 Å². The molecule has 0 N–H and O–H groups in total. The molecule has 0 aliphatic rings. The summed E-state index contributed by atoms with van der Waals surface area (Å²) in [5, 5.41) is 3.93. The molecule has 2 aromatic rings. The molecule has 0 aliphatic heterocycles. The van der Waals surface area contributed by atoms with Crippen LogP contribution in [0.1, 0.15) is 9.75 Å². The lowest BCUT2D eigenvalue weighted by molar-refractivity contribution is 1.95. The van der Waals surface area contributed by atoms with Crippen molar-refractivity contribution in [3.63, 3.8) is 0 Å². The third kappa shape index (κ3) is 3.49. The van der Waals surface area contributed by atoms with Gasteiger partial charge >= 0.3 is 0 Å². The van der Waals surface area contributed by atoms with Gasteiger partial charge in [-0.1, -0.05) is 24.0 Å². The van der Waals surface area contributed by atoms with Crippen molar-refractivity contribution < 1.29 is 0 Å². The molecule has 0 fully saturated rings. The Morgan fingerprint density at radius 2 is 1.29 bits per heavy atom. The molecule has 2 aromatic heterocycles. The highest BCUT2D eigenvalue weighted by Gasteiger charge is 1.79. The highest BCUT2D eigenvalue weighted by Crippen LogP contribution is 2.04. The van der Waals surface area contributed by atoms with Gasteiger partial charge in [0.2, 0.25) is 0 Å². The van der Waals surface area contributed by atoms with E-state index in [1.807, 2.05) is 35.0 Å². The molecule has 14 heavy (non-hydrogen) atoms. The van der Waals surface area contributed by atoms with E-state index in [1.165, 1.54) is 0 Å². The first kappa shape index (κ1) is 10.6. The van der Waals surface area contributed by atoms with Crippen LogP contribution >= 0.6 is 22.7 Å². The van der Waals surface area contributed by atoms with E-state index >= 15 is 0 Å². The Hall–Kier alpha value is -1.48. The maximum Gasteiger partial charge on any atom is 0.0765 e. The smallest absolute Gasteiger partial charge is 0.0765 e. The molecule has 0 saturated heterocycles. The second kappa shape index (κ2) is 6.05. The molecule has 0 spiro atoms. The van der Waals surface area contributed by atoms with Gasteiger partial charge in [-0.3, -0.25) is 0 Å². The average Bonchev–Trinajstić information content (AvgIpc) is 2.92. The van der Waals surface area contributed by atoms with Gasteiger partial charge in [0, 0.05) is 0 Å². The van der Waals surface area contributed by atoms with E-state index in [-0.39, 0.29) is 0 Å². The van der Waals surface area contributed by atoms with Gasteiger partial charge in [0.05, 0.1) is 9.75 Å². The molecule has 2 rings (SSSR count). The van der Waals surface area contributed by atoms with Gasteiger partial charge in [-0.2, -0.15) is 0 Å². The van der Waals surface area contributed by atoms with Crippen molar-refractivity contribution in [2.45, 2.75) is 0 Å². The lowest BCUT2D eigenvalue weighted by Crippen LogP contribution is -1.50. The molecule has 2 heteroatoms. The number of rotatable bonds is 0. The van der Waals surface area contributed by atoms with E-state index in [9.17, 15) is 0 Å². The first-order chi connectivity index (χ1) is 6.86. The largest absolute Gasteiger partial charge is 0.135 e. The number of thiophene rings is 2. The van der Waals surface area contributed by atoms with Crippen LogP contribution in [0.15, 0.2) is 35.0 Å². The van der Waals surface area contributed by atoms with Crippen molar-refractivity contribution in [3.8, 4) is 24.7 Å². The molecule has 0 aromatic carbocycles. The first-order valence-electron chi connectivity index (χ1n) is 3.87. The number of hydrogen-bond acceptors (Lipinski definition) is 2. The summed E-state index contributed by atoms with van der Waals surface area (Å²) >= 11 is 3.17. The first-order valence-corrected chi connectivity index (χ1v) is 5.63. The van der Waals surface area contributed by atoms with Crippen molar-refractivity contribution in [2.75, 3.05) is 0 Å². The van der Waals surface area contributed by atoms with Crippen LogP contribution in [-0.2, 0) is 0 Å². The van der Waals surface area contributed by atoms with E-state index < -0.39 is 0 Å². The molecule has 0 radical (unpaired) electrons. The summed E-state index contributed by atoms with van der Waals surface area (Å²) in [6.07, 6.45) is 10.1. The van der Waals surface area contributed by atoms with Gasteiger partial charge in [0.1, 0.15) is 0 Å². The normalized spacial score (nSPS) is 7.86. The monoisotopic (exact) mass is 216 g/mol. The SMILES string of the molecule is C#Cc1cccs1.C#Cc1cccs1. The second-order valence-electron chi connectivity index (χ2n) is 2.24. The summed E-state index contributed by atoms with van der Waals surface area (Å²) in [5.41, 5.74) is 0. The van der Waals surface area contributed by atoms with Crippen molar-refractivity contribution >= 4 is 22.7 Å². The zero-order chi connectivity index (χ0) is 10.2. The third-order valence-electron chi connectivity index (χ3n) is 1.33. The van der Waals surface area contributed by atoms with Crippen LogP contribution in [0.4, 0.5) is 0 Å². The van der Waals surface area contributed by atoms with Crippen molar-refractivity contribution in [3.05, 3.63) is 44.8 Å². The van der Waals surface area contributed by atoms with Gasteiger partial charge in [-0.05, 0) is 22.9 Å². The topological polar surface area (TPSA) is 0 Å². The Labute approximate surface area is 92.2 Å². The zero-order valence-electron chi connectivity index (χ0n) is 7.44. The summed E-state index contributed by atoms with van der Waals surface area (Å²) in [6.45, 7) is 0. The van der Waals surface area contributed by atoms with E-state index in [0.717, 1.165) is 9.75 Å². The minimum atomic E-state index is 1.00. The second-order valence-corrected chi connectivity index (χ2v) is 4.14. The summed E-state index contributed by atoms with van der Waals surface area (Å²) < 4.78 is 0. The molecule has 0 unspecified atom stereocenters. The summed E-state index contributed by atoms with van der Waals surface area (Å²) in [5.74, 6) is 5.05. The average molecular weight is 216 g/mol. The molecule has 0 amide bonds. The molecule has 0 aliphatic carbocycles. The third-order valence-corrected chi connectivity index (χ3v) is 2.93. The molecule has 0 nitrogen and oxygen atoms in total. The highest BCUT2D eigenvalue weighted by molar-refractivity contribution is 7.10. The summed E-state index contributed by atoms with van der Waals surface area (Å²) in [6, 6.07) is 7.73. The fourth-order valence-electron chi connectivity index (χ4n) is 0.721. The lowest BCUT2D eigenvalue weighted by Gasteiger charge is -1.66. The van der Waals surface area contributed by atoms with E-state index in [2.05, 4.69) is 11.8 Å². The van der Waals surface area contributed by atoms with Crippen LogP contribution in [-0.4, -0.2) is 0 Å². The minimum absolute atomic E-state index is 1.00. The van der Waals surface area contributed by atoms with Crippen molar-refractivity contribution in [1.29, 1.82) is 0 Å².